The standard InChI is InChI=1S/C14H23NO3/c1-3-17-10-5-11-18-14-12(8-9-15)6-4-7-13(14)16-2/h4,6-7H,3,5,8-11,15H2,1-2H3. The van der Waals surface area contributed by atoms with Crippen molar-refractivity contribution in [2.45, 2.75) is 19.8 Å². The molecular weight excluding hydrogens is 230 g/mol. The molecular formula is C14H23NO3. The Hall–Kier alpha value is -1.26. The van der Waals surface area contributed by atoms with Gasteiger partial charge >= 0.3 is 0 Å². The minimum absolute atomic E-state index is 0.600. The van der Waals surface area contributed by atoms with E-state index in [1.165, 1.54) is 0 Å². The van der Waals surface area contributed by atoms with Gasteiger partial charge in [-0.15, -0.1) is 0 Å². The van der Waals surface area contributed by atoms with Crippen molar-refractivity contribution < 1.29 is 14.2 Å². The number of nitrogens with two attached hydrogens (primary N) is 1. The van der Waals surface area contributed by atoms with Gasteiger partial charge in [0.2, 0.25) is 0 Å². The third-order valence-corrected chi connectivity index (χ3v) is 2.58. The number of benzene rings is 1. The summed E-state index contributed by atoms with van der Waals surface area (Å²) in [5.74, 6) is 1.57. The summed E-state index contributed by atoms with van der Waals surface area (Å²) in [5.41, 5.74) is 6.69. The lowest BCUT2D eigenvalue weighted by Crippen LogP contribution is -2.08. The van der Waals surface area contributed by atoms with Gasteiger partial charge in [-0.25, -0.2) is 0 Å². The Morgan fingerprint density at radius 3 is 2.72 bits per heavy atom. The molecule has 1 rings (SSSR count). The van der Waals surface area contributed by atoms with Gasteiger partial charge in [-0.1, -0.05) is 12.1 Å². The van der Waals surface area contributed by atoms with Gasteiger partial charge in [0.1, 0.15) is 0 Å². The molecule has 4 nitrogen and oxygen atoms in total. The molecule has 102 valence electrons. The molecule has 0 bridgehead atoms. The van der Waals surface area contributed by atoms with Gasteiger partial charge in [-0.05, 0) is 31.5 Å². The molecule has 0 aliphatic heterocycles. The van der Waals surface area contributed by atoms with E-state index in [1.807, 2.05) is 25.1 Å². The molecule has 0 fully saturated rings. The van der Waals surface area contributed by atoms with Gasteiger partial charge in [0, 0.05) is 19.6 Å². The normalized spacial score (nSPS) is 10.4. The van der Waals surface area contributed by atoms with E-state index in [0.29, 0.717) is 13.2 Å². The number of ether oxygens (including phenoxy) is 3. The first-order valence-electron chi connectivity index (χ1n) is 6.40. The van der Waals surface area contributed by atoms with Crippen LogP contribution in [0.4, 0.5) is 0 Å². The Balaban J connectivity index is 2.60. The summed E-state index contributed by atoms with van der Waals surface area (Å²) in [6.45, 7) is 4.67. The van der Waals surface area contributed by atoms with Crippen molar-refractivity contribution in [3.63, 3.8) is 0 Å². The zero-order chi connectivity index (χ0) is 13.2. The Kier molecular flexibility index (Phi) is 7.22. The van der Waals surface area contributed by atoms with Crippen LogP contribution in [0.1, 0.15) is 18.9 Å². The minimum atomic E-state index is 0.600. The van der Waals surface area contributed by atoms with Crippen molar-refractivity contribution in [3.05, 3.63) is 23.8 Å². The second kappa shape index (κ2) is 8.78. The highest BCUT2D eigenvalue weighted by Gasteiger charge is 2.09. The molecule has 0 atom stereocenters. The molecule has 18 heavy (non-hydrogen) atoms. The van der Waals surface area contributed by atoms with Crippen molar-refractivity contribution in [2.75, 3.05) is 33.5 Å². The average molecular weight is 253 g/mol. The Morgan fingerprint density at radius 2 is 2.06 bits per heavy atom. The fourth-order valence-electron chi connectivity index (χ4n) is 1.72. The van der Waals surface area contributed by atoms with E-state index in [0.717, 1.165) is 43.1 Å². The largest absolute Gasteiger partial charge is 0.493 e. The Morgan fingerprint density at radius 1 is 1.22 bits per heavy atom. The minimum Gasteiger partial charge on any atom is -0.493 e. The van der Waals surface area contributed by atoms with E-state index in [1.54, 1.807) is 7.11 Å². The molecule has 0 spiro atoms. The van der Waals surface area contributed by atoms with Crippen LogP contribution in [-0.2, 0) is 11.2 Å². The molecule has 0 heterocycles. The van der Waals surface area contributed by atoms with Gasteiger partial charge in [0.05, 0.1) is 13.7 Å². The van der Waals surface area contributed by atoms with Crippen LogP contribution < -0.4 is 15.2 Å². The lowest BCUT2D eigenvalue weighted by molar-refractivity contribution is 0.130. The second-order valence-electron chi connectivity index (χ2n) is 3.89. The van der Waals surface area contributed by atoms with Crippen molar-refractivity contribution in [3.8, 4) is 11.5 Å². The lowest BCUT2D eigenvalue weighted by atomic mass is 10.1. The molecule has 1 aromatic rings. The molecule has 4 heteroatoms. The Labute approximate surface area is 109 Å². The van der Waals surface area contributed by atoms with E-state index >= 15 is 0 Å². The first kappa shape index (κ1) is 14.8. The lowest BCUT2D eigenvalue weighted by Gasteiger charge is -2.14. The second-order valence-corrected chi connectivity index (χ2v) is 3.89. The Bertz CT molecular complexity index is 342. The van der Waals surface area contributed by atoms with Gasteiger partial charge in [0.25, 0.3) is 0 Å². The average Bonchev–Trinajstić information content (AvgIpc) is 2.40. The molecule has 2 N–H and O–H groups in total. The predicted molar refractivity (Wildman–Crippen MR) is 72.4 cm³/mol. The monoisotopic (exact) mass is 253 g/mol. The number of methoxy groups -OCH3 is 1. The number of hydrogen-bond acceptors (Lipinski definition) is 4. The SMILES string of the molecule is CCOCCCOc1c(CCN)cccc1OC. The summed E-state index contributed by atoms with van der Waals surface area (Å²) in [5, 5.41) is 0. The molecule has 0 saturated heterocycles. The predicted octanol–water partition coefficient (Wildman–Crippen LogP) is 2.00. The highest BCUT2D eigenvalue weighted by molar-refractivity contribution is 5.46. The maximum Gasteiger partial charge on any atom is 0.164 e. The van der Waals surface area contributed by atoms with Gasteiger partial charge in [0.15, 0.2) is 11.5 Å². The van der Waals surface area contributed by atoms with E-state index in [4.69, 9.17) is 19.9 Å². The maximum absolute atomic E-state index is 5.80. The summed E-state index contributed by atoms with van der Waals surface area (Å²) >= 11 is 0. The van der Waals surface area contributed by atoms with Crippen molar-refractivity contribution in [1.82, 2.24) is 0 Å². The molecule has 0 unspecified atom stereocenters. The van der Waals surface area contributed by atoms with E-state index in [9.17, 15) is 0 Å². The maximum atomic E-state index is 5.80. The van der Waals surface area contributed by atoms with Crippen LogP contribution in [0, 0.1) is 0 Å². The van der Waals surface area contributed by atoms with E-state index in [-0.39, 0.29) is 0 Å². The van der Waals surface area contributed by atoms with Gasteiger partial charge < -0.3 is 19.9 Å². The van der Waals surface area contributed by atoms with Gasteiger partial charge in [-0.3, -0.25) is 0 Å². The van der Waals surface area contributed by atoms with Crippen molar-refractivity contribution in [2.24, 2.45) is 5.73 Å². The van der Waals surface area contributed by atoms with Crippen LogP contribution >= 0.6 is 0 Å². The zero-order valence-electron chi connectivity index (χ0n) is 11.3. The summed E-state index contributed by atoms with van der Waals surface area (Å²) < 4.78 is 16.4. The number of hydrogen-bond donors (Lipinski definition) is 1. The van der Waals surface area contributed by atoms with Crippen LogP contribution in [0.3, 0.4) is 0 Å². The third kappa shape index (κ3) is 4.55. The molecule has 0 saturated carbocycles. The summed E-state index contributed by atoms with van der Waals surface area (Å²) in [7, 11) is 1.65. The van der Waals surface area contributed by atoms with Crippen LogP contribution in [0.25, 0.3) is 0 Å². The first-order valence-corrected chi connectivity index (χ1v) is 6.40. The molecule has 0 aliphatic carbocycles. The third-order valence-electron chi connectivity index (χ3n) is 2.58. The zero-order valence-corrected chi connectivity index (χ0v) is 11.3. The van der Waals surface area contributed by atoms with Crippen LogP contribution in [0.5, 0.6) is 11.5 Å². The topological polar surface area (TPSA) is 53.7 Å². The number of rotatable bonds is 9. The summed E-state index contributed by atoms with van der Waals surface area (Å²) in [4.78, 5) is 0. The van der Waals surface area contributed by atoms with Crippen LogP contribution in [0.15, 0.2) is 18.2 Å². The highest BCUT2D eigenvalue weighted by atomic mass is 16.5. The highest BCUT2D eigenvalue weighted by Crippen LogP contribution is 2.31. The molecule has 1 aromatic carbocycles. The molecule has 0 radical (unpaired) electrons. The molecule has 0 amide bonds. The van der Waals surface area contributed by atoms with Gasteiger partial charge in [-0.2, -0.15) is 0 Å². The van der Waals surface area contributed by atoms with Crippen LogP contribution in [0.2, 0.25) is 0 Å². The van der Waals surface area contributed by atoms with E-state index in [2.05, 4.69) is 0 Å². The number of para-hydroxylation sites is 1. The van der Waals surface area contributed by atoms with Crippen molar-refractivity contribution in [1.29, 1.82) is 0 Å². The molecule has 0 aliphatic rings. The van der Waals surface area contributed by atoms with E-state index < -0.39 is 0 Å². The quantitative estimate of drug-likeness (QED) is 0.684. The summed E-state index contributed by atoms with van der Waals surface area (Å²) in [6.07, 6.45) is 1.66. The van der Waals surface area contributed by atoms with Crippen LogP contribution in [-0.4, -0.2) is 33.5 Å². The smallest absolute Gasteiger partial charge is 0.164 e. The molecule has 0 aromatic heterocycles. The first-order chi connectivity index (χ1) is 8.83. The fourth-order valence-corrected chi connectivity index (χ4v) is 1.72. The fraction of sp³-hybridized carbons (Fsp3) is 0.571. The van der Waals surface area contributed by atoms with Crippen molar-refractivity contribution >= 4 is 0 Å². The summed E-state index contributed by atoms with van der Waals surface area (Å²) in [6, 6.07) is 5.88.